The number of nitrogens with one attached hydrogen (secondary N) is 1. The molecule has 0 bridgehead atoms. The Kier molecular flexibility index (Phi) is 5.38. The van der Waals surface area contributed by atoms with Gasteiger partial charge in [-0.25, -0.2) is 4.39 Å². The van der Waals surface area contributed by atoms with Gasteiger partial charge in [-0.05, 0) is 36.4 Å². The van der Waals surface area contributed by atoms with E-state index in [-0.39, 0.29) is 30.6 Å². The molecule has 4 rings (SSSR count). The maximum absolute atomic E-state index is 13.7. The minimum Gasteiger partial charge on any atom is -0.483 e. The molecule has 7 nitrogen and oxygen atoms in total. The van der Waals surface area contributed by atoms with Crippen molar-refractivity contribution in [3.63, 3.8) is 0 Å². The molecule has 1 unspecified atom stereocenters. The van der Waals surface area contributed by atoms with Gasteiger partial charge in [0.05, 0.1) is 12.2 Å². The average molecular weight is 410 g/mol. The number of likely N-dealkylation sites (N-methyl/N-ethyl adjacent to an activating group) is 1. The summed E-state index contributed by atoms with van der Waals surface area (Å²) >= 11 is 0. The van der Waals surface area contributed by atoms with E-state index in [0.717, 1.165) is 0 Å². The Balaban J connectivity index is 1.52. The van der Waals surface area contributed by atoms with Gasteiger partial charge < -0.3 is 19.2 Å². The van der Waals surface area contributed by atoms with Gasteiger partial charge in [-0.2, -0.15) is 0 Å². The number of fused-ring (bicyclic) bond motifs is 1. The van der Waals surface area contributed by atoms with Crippen LogP contribution in [0.3, 0.4) is 0 Å². The van der Waals surface area contributed by atoms with Crippen molar-refractivity contribution in [1.82, 2.24) is 5.32 Å². The van der Waals surface area contributed by atoms with Gasteiger partial charge in [0.1, 0.15) is 18.1 Å². The van der Waals surface area contributed by atoms with Gasteiger partial charge in [-0.3, -0.25) is 14.5 Å². The van der Waals surface area contributed by atoms with E-state index in [1.165, 1.54) is 30.1 Å². The average Bonchev–Trinajstić information content (AvgIpc) is 3.25. The zero-order valence-electron chi connectivity index (χ0n) is 16.1. The van der Waals surface area contributed by atoms with Crippen molar-refractivity contribution in [2.75, 3.05) is 18.5 Å². The summed E-state index contributed by atoms with van der Waals surface area (Å²) in [6, 6.07) is 16.1. The molecule has 0 saturated heterocycles. The van der Waals surface area contributed by atoms with E-state index in [1.54, 1.807) is 42.5 Å². The van der Waals surface area contributed by atoms with Crippen LogP contribution >= 0.6 is 0 Å². The number of ether oxygens (including phenoxy) is 2. The van der Waals surface area contributed by atoms with Crippen molar-refractivity contribution < 1.29 is 27.9 Å². The third kappa shape index (κ3) is 3.84. The Labute approximate surface area is 172 Å². The number of anilines is 1. The molecule has 0 aliphatic carbocycles. The summed E-state index contributed by atoms with van der Waals surface area (Å²) in [5.74, 6) is -0.263. The minimum absolute atomic E-state index is 0.0330. The second kappa shape index (κ2) is 8.28. The van der Waals surface area contributed by atoms with E-state index in [4.69, 9.17) is 13.9 Å². The number of hydrogen-bond acceptors (Lipinski definition) is 5. The van der Waals surface area contributed by atoms with E-state index in [9.17, 15) is 14.0 Å². The molecule has 1 atom stereocenters. The van der Waals surface area contributed by atoms with E-state index in [0.29, 0.717) is 17.2 Å². The van der Waals surface area contributed by atoms with Crippen LogP contribution < -0.4 is 19.7 Å². The maximum atomic E-state index is 13.7. The number of hydrogen-bond donors (Lipinski definition) is 1. The zero-order valence-corrected chi connectivity index (χ0v) is 16.1. The molecule has 0 saturated carbocycles. The SMILES string of the molecule is CNC(=O)C1CN(C(=O)c2ccc(COc3ccccc3F)o2)c2ccccc2O1. The second-order valence-electron chi connectivity index (χ2n) is 6.59. The maximum Gasteiger partial charge on any atom is 0.294 e. The Bertz CT molecular complexity index is 1080. The quantitative estimate of drug-likeness (QED) is 0.699. The number of benzene rings is 2. The second-order valence-corrected chi connectivity index (χ2v) is 6.59. The summed E-state index contributed by atoms with van der Waals surface area (Å²) in [5.41, 5.74) is 0.545. The predicted octanol–water partition coefficient (Wildman–Crippen LogP) is 3.15. The highest BCUT2D eigenvalue weighted by Gasteiger charge is 2.34. The molecule has 1 aliphatic rings. The van der Waals surface area contributed by atoms with E-state index >= 15 is 0 Å². The van der Waals surface area contributed by atoms with Crippen LogP contribution in [0.1, 0.15) is 16.3 Å². The van der Waals surface area contributed by atoms with Crippen LogP contribution in [0.2, 0.25) is 0 Å². The minimum atomic E-state index is -0.840. The number of rotatable bonds is 5. The first-order valence-electron chi connectivity index (χ1n) is 9.32. The molecular formula is C22H19FN2O5. The molecule has 154 valence electrons. The van der Waals surface area contributed by atoms with Gasteiger partial charge in [0.25, 0.3) is 11.8 Å². The highest BCUT2D eigenvalue weighted by atomic mass is 19.1. The first-order chi connectivity index (χ1) is 14.6. The normalized spacial score (nSPS) is 15.1. The first kappa shape index (κ1) is 19.5. The molecule has 1 N–H and O–H groups in total. The van der Waals surface area contributed by atoms with Crippen LogP contribution in [0.5, 0.6) is 11.5 Å². The number of amides is 2. The largest absolute Gasteiger partial charge is 0.483 e. The van der Waals surface area contributed by atoms with Crippen LogP contribution in [0.15, 0.2) is 65.1 Å². The van der Waals surface area contributed by atoms with Crippen LogP contribution in [0.25, 0.3) is 0 Å². The third-order valence-electron chi connectivity index (χ3n) is 4.64. The fourth-order valence-electron chi connectivity index (χ4n) is 3.14. The van der Waals surface area contributed by atoms with Gasteiger partial charge in [0.15, 0.2) is 23.4 Å². The van der Waals surface area contributed by atoms with Gasteiger partial charge in [-0.15, -0.1) is 0 Å². The van der Waals surface area contributed by atoms with Crippen LogP contribution in [-0.4, -0.2) is 31.5 Å². The molecule has 0 spiro atoms. The van der Waals surface area contributed by atoms with Crippen LogP contribution in [-0.2, 0) is 11.4 Å². The molecule has 0 fully saturated rings. The van der Waals surface area contributed by atoms with Crippen LogP contribution in [0.4, 0.5) is 10.1 Å². The summed E-state index contributed by atoms with van der Waals surface area (Å²) in [7, 11) is 1.51. The summed E-state index contributed by atoms with van der Waals surface area (Å²) in [4.78, 5) is 26.6. The van der Waals surface area contributed by atoms with Crippen molar-refractivity contribution >= 4 is 17.5 Å². The van der Waals surface area contributed by atoms with Crippen molar-refractivity contribution in [2.24, 2.45) is 0 Å². The Hall–Kier alpha value is -3.81. The van der Waals surface area contributed by atoms with Gasteiger partial charge in [-0.1, -0.05) is 24.3 Å². The summed E-state index contributed by atoms with van der Waals surface area (Å²) < 4.78 is 30.4. The molecule has 1 aliphatic heterocycles. The topological polar surface area (TPSA) is 81.0 Å². The summed E-state index contributed by atoms with van der Waals surface area (Å²) in [6.07, 6.45) is -0.840. The van der Waals surface area contributed by atoms with Gasteiger partial charge >= 0.3 is 0 Å². The molecular weight excluding hydrogens is 391 g/mol. The zero-order chi connectivity index (χ0) is 21.1. The van der Waals surface area contributed by atoms with Crippen molar-refractivity contribution in [2.45, 2.75) is 12.7 Å². The van der Waals surface area contributed by atoms with Crippen molar-refractivity contribution in [1.29, 1.82) is 0 Å². The Morgan fingerprint density at radius 3 is 2.70 bits per heavy atom. The Morgan fingerprint density at radius 2 is 1.90 bits per heavy atom. The lowest BCUT2D eigenvalue weighted by molar-refractivity contribution is -0.127. The lowest BCUT2D eigenvalue weighted by atomic mass is 10.1. The molecule has 3 aromatic rings. The highest BCUT2D eigenvalue weighted by molar-refractivity contribution is 6.06. The third-order valence-corrected chi connectivity index (χ3v) is 4.64. The van der Waals surface area contributed by atoms with Crippen LogP contribution in [0, 0.1) is 5.82 Å². The number of halogens is 1. The fourth-order valence-corrected chi connectivity index (χ4v) is 3.14. The van der Waals surface area contributed by atoms with E-state index in [2.05, 4.69) is 5.32 Å². The number of furan rings is 1. The molecule has 1 aromatic heterocycles. The van der Waals surface area contributed by atoms with Gasteiger partial charge in [0.2, 0.25) is 0 Å². The van der Waals surface area contributed by atoms with E-state index in [1.807, 2.05) is 0 Å². The lowest BCUT2D eigenvalue weighted by Gasteiger charge is -2.33. The Morgan fingerprint density at radius 1 is 1.13 bits per heavy atom. The molecule has 2 heterocycles. The molecule has 2 amide bonds. The molecule has 30 heavy (non-hydrogen) atoms. The van der Waals surface area contributed by atoms with Crippen molar-refractivity contribution in [3.05, 3.63) is 78.0 Å². The highest BCUT2D eigenvalue weighted by Crippen LogP contribution is 2.34. The molecule has 2 aromatic carbocycles. The molecule has 0 radical (unpaired) electrons. The lowest BCUT2D eigenvalue weighted by Crippen LogP contribution is -2.50. The summed E-state index contributed by atoms with van der Waals surface area (Å²) in [6.45, 7) is 0.00601. The monoisotopic (exact) mass is 410 g/mol. The fraction of sp³-hybridized carbons (Fsp3) is 0.182. The summed E-state index contributed by atoms with van der Waals surface area (Å²) in [5, 5.41) is 2.53. The molecule has 8 heteroatoms. The smallest absolute Gasteiger partial charge is 0.294 e. The number of carbonyl (C=O) groups is 2. The van der Waals surface area contributed by atoms with E-state index < -0.39 is 17.8 Å². The van der Waals surface area contributed by atoms with Gasteiger partial charge in [0, 0.05) is 7.05 Å². The first-order valence-corrected chi connectivity index (χ1v) is 9.32. The standard InChI is InChI=1S/C22H19FN2O5/c1-24-21(26)20-12-25(16-7-3-5-9-18(16)30-20)22(27)19-11-10-14(29-19)13-28-17-8-4-2-6-15(17)23/h2-11,20H,12-13H2,1H3,(H,24,26). The van der Waals surface area contributed by atoms with Crippen molar-refractivity contribution in [3.8, 4) is 11.5 Å². The predicted molar refractivity (Wildman–Crippen MR) is 106 cm³/mol. The number of nitrogens with zero attached hydrogens (tertiary/aromatic N) is 1. The number of carbonyl (C=O) groups excluding carboxylic acids is 2. The number of para-hydroxylation sites is 3.